The average Bonchev–Trinajstić information content (AvgIpc) is 3.16. The van der Waals surface area contributed by atoms with Crippen LogP contribution in [0.3, 0.4) is 0 Å². The molecule has 5 rings (SSSR count). The molecule has 3 heterocycles. The number of anilines is 1. The van der Waals surface area contributed by atoms with Gasteiger partial charge in [0.2, 0.25) is 5.91 Å². The molecule has 1 amide bonds. The highest BCUT2D eigenvalue weighted by Gasteiger charge is 2.24. The first kappa shape index (κ1) is 20.1. The molecule has 0 aliphatic carbocycles. The second kappa shape index (κ2) is 8.34. The second-order valence-corrected chi connectivity index (χ2v) is 8.77. The Hall–Kier alpha value is -2.87. The van der Waals surface area contributed by atoms with Crippen molar-refractivity contribution in [3.05, 3.63) is 76.1 Å². The zero-order valence-corrected chi connectivity index (χ0v) is 17.9. The molecule has 2 aromatic heterocycles. The van der Waals surface area contributed by atoms with Crippen molar-refractivity contribution in [2.24, 2.45) is 0 Å². The van der Waals surface area contributed by atoms with E-state index in [0.717, 1.165) is 23.2 Å². The number of amides is 1. The minimum Gasteiger partial charge on any atom is -0.309 e. The maximum Gasteiger partial charge on any atom is 0.242 e. The lowest BCUT2D eigenvalue weighted by Crippen LogP contribution is -2.50. The molecule has 0 radical (unpaired) electrons. The van der Waals surface area contributed by atoms with Gasteiger partial charge in [-0.3, -0.25) is 4.79 Å². The van der Waals surface area contributed by atoms with E-state index in [1.807, 2.05) is 18.2 Å². The highest BCUT2D eigenvalue weighted by atomic mass is 35.5. The lowest BCUT2D eigenvalue weighted by atomic mass is 9.97. The monoisotopic (exact) mass is 452 g/mol. The van der Waals surface area contributed by atoms with Crippen LogP contribution in [0.2, 0.25) is 5.02 Å². The van der Waals surface area contributed by atoms with Gasteiger partial charge in [0.1, 0.15) is 11.6 Å². The number of hydrogen-bond donors (Lipinski definition) is 2. The van der Waals surface area contributed by atoms with Crippen molar-refractivity contribution in [2.75, 3.05) is 11.9 Å². The summed E-state index contributed by atoms with van der Waals surface area (Å²) in [7, 11) is 0. The van der Waals surface area contributed by atoms with Crippen molar-refractivity contribution in [3.8, 4) is 11.1 Å². The Morgan fingerprint density at radius 3 is 2.84 bits per heavy atom. The Morgan fingerprint density at radius 2 is 2.13 bits per heavy atom. The van der Waals surface area contributed by atoms with Crippen LogP contribution in [0, 0.1) is 5.82 Å². The van der Waals surface area contributed by atoms with Gasteiger partial charge in [-0.2, -0.15) is 0 Å². The van der Waals surface area contributed by atoms with Crippen molar-refractivity contribution >= 4 is 44.9 Å². The number of hydrogen-bond acceptors (Lipinski definition) is 5. The highest BCUT2D eigenvalue weighted by molar-refractivity contribution is 7.16. The molecule has 1 aliphatic rings. The molecule has 31 heavy (non-hydrogen) atoms. The molecule has 1 aliphatic heterocycles. The van der Waals surface area contributed by atoms with E-state index >= 15 is 4.39 Å². The minimum atomic E-state index is -0.311. The topological polar surface area (TPSA) is 66.9 Å². The number of thiazole rings is 1. The number of benzene rings is 2. The fraction of sp³-hybridized carbons (Fsp3) is 0.174. The summed E-state index contributed by atoms with van der Waals surface area (Å²) in [4.78, 5) is 20.7. The predicted octanol–water partition coefficient (Wildman–Crippen LogP) is 5.04. The first-order valence-corrected chi connectivity index (χ1v) is 11.1. The van der Waals surface area contributed by atoms with E-state index in [9.17, 15) is 4.79 Å². The zero-order chi connectivity index (χ0) is 21.4. The Labute approximate surface area is 187 Å². The molecular weight excluding hydrogens is 435 g/mol. The summed E-state index contributed by atoms with van der Waals surface area (Å²) in [5.41, 5.74) is 4.92. The number of halogens is 2. The molecule has 0 bridgehead atoms. The van der Waals surface area contributed by atoms with Crippen LogP contribution in [-0.4, -0.2) is 28.5 Å². The van der Waals surface area contributed by atoms with E-state index in [1.54, 1.807) is 36.0 Å². The smallest absolute Gasteiger partial charge is 0.242 e. The summed E-state index contributed by atoms with van der Waals surface area (Å²) in [6.45, 7) is 0.858. The van der Waals surface area contributed by atoms with E-state index in [2.05, 4.69) is 20.6 Å². The van der Waals surface area contributed by atoms with E-state index in [4.69, 9.17) is 11.6 Å². The molecule has 0 unspecified atom stereocenters. The van der Waals surface area contributed by atoms with Gasteiger partial charge in [-0.05, 0) is 53.9 Å². The van der Waals surface area contributed by atoms with Gasteiger partial charge in [0.15, 0.2) is 0 Å². The number of nitrogens with one attached hydrogen (secondary N) is 2. The van der Waals surface area contributed by atoms with Gasteiger partial charge in [-0.1, -0.05) is 29.8 Å². The summed E-state index contributed by atoms with van der Waals surface area (Å²) >= 11 is 7.62. The summed E-state index contributed by atoms with van der Waals surface area (Å²) in [6.07, 6.45) is 2.87. The zero-order valence-electron chi connectivity index (χ0n) is 16.4. The Kier molecular flexibility index (Phi) is 5.40. The van der Waals surface area contributed by atoms with Crippen LogP contribution >= 0.6 is 22.9 Å². The number of carbonyl (C=O) groups is 1. The Bertz CT molecular complexity index is 1270. The number of pyridine rings is 1. The lowest BCUT2D eigenvalue weighted by molar-refractivity contribution is -0.119. The van der Waals surface area contributed by atoms with Gasteiger partial charge in [-0.15, -0.1) is 11.3 Å². The standard InChI is InChI=1S/C23H18ClFN4OS/c24-16-3-1-2-14(9-16)20-21(25)15(10-18-22(20)28-12-31-18)8-13-4-5-19(27-11-13)29-23(30)17-6-7-26-17/h1-5,9-12,17,26H,6-8H2,(H,27,29,30)/t17-/m0/s1. The van der Waals surface area contributed by atoms with Crippen LogP contribution in [0.15, 0.2) is 54.2 Å². The summed E-state index contributed by atoms with van der Waals surface area (Å²) in [5.74, 6) is 0.0916. The highest BCUT2D eigenvalue weighted by Crippen LogP contribution is 2.36. The van der Waals surface area contributed by atoms with E-state index in [-0.39, 0.29) is 17.8 Å². The summed E-state index contributed by atoms with van der Waals surface area (Å²) in [6, 6.07) is 12.4. The predicted molar refractivity (Wildman–Crippen MR) is 122 cm³/mol. The molecule has 1 saturated heterocycles. The lowest BCUT2D eigenvalue weighted by Gasteiger charge is -2.25. The first-order valence-electron chi connectivity index (χ1n) is 9.88. The van der Waals surface area contributed by atoms with Crippen LogP contribution in [0.1, 0.15) is 17.5 Å². The van der Waals surface area contributed by atoms with E-state index in [0.29, 0.717) is 39.5 Å². The molecule has 2 N–H and O–H groups in total. The molecule has 5 nitrogen and oxygen atoms in total. The maximum atomic E-state index is 15.6. The molecule has 1 fully saturated rings. The van der Waals surface area contributed by atoms with Crippen molar-refractivity contribution < 1.29 is 9.18 Å². The molecule has 0 spiro atoms. The van der Waals surface area contributed by atoms with Crippen LogP contribution < -0.4 is 10.6 Å². The quantitative estimate of drug-likeness (QED) is 0.445. The van der Waals surface area contributed by atoms with Gasteiger partial charge in [-0.25, -0.2) is 14.4 Å². The Balaban J connectivity index is 1.44. The number of fused-ring (bicyclic) bond motifs is 1. The van der Waals surface area contributed by atoms with Crippen molar-refractivity contribution in [3.63, 3.8) is 0 Å². The summed E-state index contributed by atoms with van der Waals surface area (Å²) in [5, 5.41) is 6.40. The normalized spacial score (nSPS) is 15.6. The average molecular weight is 453 g/mol. The molecular formula is C23H18ClFN4OS. The third-order valence-electron chi connectivity index (χ3n) is 5.36. The summed E-state index contributed by atoms with van der Waals surface area (Å²) < 4.78 is 16.5. The van der Waals surface area contributed by atoms with Crippen LogP contribution in [0.5, 0.6) is 0 Å². The van der Waals surface area contributed by atoms with Gasteiger partial charge >= 0.3 is 0 Å². The molecule has 0 saturated carbocycles. The van der Waals surface area contributed by atoms with Crippen molar-refractivity contribution in [1.82, 2.24) is 15.3 Å². The van der Waals surface area contributed by atoms with Crippen LogP contribution in [0.25, 0.3) is 21.3 Å². The fourth-order valence-corrected chi connectivity index (χ4v) is 4.55. The second-order valence-electron chi connectivity index (χ2n) is 7.45. The van der Waals surface area contributed by atoms with Crippen molar-refractivity contribution in [2.45, 2.75) is 18.9 Å². The van der Waals surface area contributed by atoms with E-state index in [1.165, 1.54) is 11.3 Å². The largest absolute Gasteiger partial charge is 0.309 e. The van der Waals surface area contributed by atoms with Crippen molar-refractivity contribution in [1.29, 1.82) is 0 Å². The maximum absolute atomic E-state index is 15.6. The Morgan fingerprint density at radius 1 is 1.26 bits per heavy atom. The number of nitrogens with zero attached hydrogens (tertiary/aromatic N) is 2. The van der Waals surface area contributed by atoms with Crippen LogP contribution in [0.4, 0.5) is 10.2 Å². The van der Waals surface area contributed by atoms with E-state index < -0.39 is 0 Å². The number of carbonyl (C=O) groups excluding carboxylic acids is 1. The molecule has 1 atom stereocenters. The van der Waals surface area contributed by atoms with Gasteiger partial charge in [0, 0.05) is 23.2 Å². The first-order chi connectivity index (χ1) is 15.1. The SMILES string of the molecule is O=C(Nc1ccc(Cc2cc3scnc3c(-c3cccc(Cl)c3)c2F)cn1)[C@@H]1CCN1. The van der Waals surface area contributed by atoms with Crippen LogP contribution in [-0.2, 0) is 11.2 Å². The number of rotatable bonds is 5. The molecule has 8 heteroatoms. The molecule has 156 valence electrons. The third kappa shape index (κ3) is 4.04. The van der Waals surface area contributed by atoms with Gasteiger partial charge in [0.05, 0.1) is 21.8 Å². The molecule has 2 aromatic carbocycles. The minimum absolute atomic E-state index is 0.0839. The van der Waals surface area contributed by atoms with Gasteiger partial charge in [0.25, 0.3) is 0 Å². The number of aromatic nitrogens is 2. The van der Waals surface area contributed by atoms with Gasteiger partial charge < -0.3 is 10.6 Å². The third-order valence-corrected chi connectivity index (χ3v) is 6.37. The fourth-order valence-electron chi connectivity index (χ4n) is 3.62. The molecule has 4 aromatic rings.